The summed E-state index contributed by atoms with van der Waals surface area (Å²) in [6.07, 6.45) is 0. The van der Waals surface area contributed by atoms with Crippen LogP contribution in [0.3, 0.4) is 0 Å². The number of aryl methyl sites for hydroxylation is 3. The largest absolute Gasteiger partial charge is 0.360 e. The average Bonchev–Trinajstić information content (AvgIpc) is 2.85. The molecule has 0 fully saturated rings. The average molecular weight is 298 g/mol. The molecule has 4 nitrogen and oxygen atoms in total. The molecule has 0 aliphatic carbocycles. The summed E-state index contributed by atoms with van der Waals surface area (Å²) in [5, 5.41) is 14.7. The fourth-order valence-corrected chi connectivity index (χ4v) is 3.44. The number of benzene rings is 1. The van der Waals surface area contributed by atoms with Crippen LogP contribution in [0.1, 0.15) is 23.7 Å². The van der Waals surface area contributed by atoms with Gasteiger partial charge in [-0.3, -0.25) is 4.98 Å². The number of nitrogens with zero attached hydrogens (tertiary/aromatic N) is 3. The zero-order chi connectivity index (χ0) is 15.0. The zero-order valence-corrected chi connectivity index (χ0v) is 13.5. The molecule has 0 amide bonds. The Balaban J connectivity index is 2.25. The molecule has 0 bridgehead atoms. The number of hydrogen-bond acceptors (Lipinski definition) is 5. The second-order valence-corrected chi connectivity index (χ2v) is 6.21. The van der Waals surface area contributed by atoms with E-state index in [1.54, 1.807) is 11.3 Å². The number of aromatic nitrogens is 3. The van der Waals surface area contributed by atoms with Crippen molar-refractivity contribution < 1.29 is 0 Å². The van der Waals surface area contributed by atoms with Crippen LogP contribution in [0.5, 0.6) is 0 Å². The van der Waals surface area contributed by atoms with E-state index in [1.165, 1.54) is 16.5 Å². The quantitative estimate of drug-likeness (QED) is 0.790. The first-order valence-corrected chi connectivity index (χ1v) is 7.86. The van der Waals surface area contributed by atoms with Gasteiger partial charge in [0.05, 0.1) is 5.52 Å². The lowest BCUT2D eigenvalue weighted by Crippen LogP contribution is -1.94. The minimum absolute atomic E-state index is 0.850. The summed E-state index contributed by atoms with van der Waals surface area (Å²) in [7, 11) is 0. The van der Waals surface area contributed by atoms with Crippen LogP contribution >= 0.6 is 11.3 Å². The molecule has 5 heteroatoms. The summed E-state index contributed by atoms with van der Waals surface area (Å²) in [6, 6.07) is 6.42. The molecule has 0 radical (unpaired) electrons. The molecule has 0 saturated carbocycles. The molecule has 3 aromatic rings. The number of nitrogens with one attached hydrogen (secondary N) is 1. The second kappa shape index (κ2) is 5.41. The van der Waals surface area contributed by atoms with Crippen LogP contribution in [0, 0.1) is 20.8 Å². The molecule has 108 valence electrons. The van der Waals surface area contributed by atoms with Crippen molar-refractivity contribution >= 4 is 27.4 Å². The Morgan fingerprint density at radius 1 is 1.10 bits per heavy atom. The Morgan fingerprint density at radius 2 is 1.90 bits per heavy atom. The standard InChI is InChI=1S/C16H18N4S/c1-5-17-16-20-19-15(21-16)12-8-11(4)18-13-7-9(2)6-10(3)14(12)13/h6-8H,5H2,1-4H3,(H,17,20). The van der Waals surface area contributed by atoms with Crippen LogP contribution in [0.15, 0.2) is 18.2 Å². The predicted octanol–water partition coefficient (Wildman–Crippen LogP) is 4.11. The zero-order valence-electron chi connectivity index (χ0n) is 12.7. The summed E-state index contributed by atoms with van der Waals surface area (Å²) < 4.78 is 0. The minimum atomic E-state index is 0.850. The first-order chi connectivity index (χ1) is 10.1. The van der Waals surface area contributed by atoms with E-state index < -0.39 is 0 Å². The van der Waals surface area contributed by atoms with Crippen molar-refractivity contribution in [1.82, 2.24) is 15.2 Å². The van der Waals surface area contributed by atoms with E-state index in [1.807, 2.05) is 6.92 Å². The smallest absolute Gasteiger partial charge is 0.205 e. The highest BCUT2D eigenvalue weighted by Gasteiger charge is 2.13. The van der Waals surface area contributed by atoms with Gasteiger partial charge in [0.1, 0.15) is 5.01 Å². The van der Waals surface area contributed by atoms with Crippen molar-refractivity contribution in [2.24, 2.45) is 0 Å². The number of anilines is 1. The van der Waals surface area contributed by atoms with E-state index in [-0.39, 0.29) is 0 Å². The Hall–Kier alpha value is -2.01. The fraction of sp³-hybridized carbons (Fsp3) is 0.312. The summed E-state index contributed by atoms with van der Waals surface area (Å²) in [5.41, 5.74) is 5.62. The van der Waals surface area contributed by atoms with Crippen LogP contribution in [0.4, 0.5) is 5.13 Å². The van der Waals surface area contributed by atoms with Crippen molar-refractivity contribution in [3.63, 3.8) is 0 Å². The molecule has 1 N–H and O–H groups in total. The van der Waals surface area contributed by atoms with Crippen LogP contribution in [-0.2, 0) is 0 Å². The van der Waals surface area contributed by atoms with E-state index in [2.05, 4.69) is 59.5 Å². The topological polar surface area (TPSA) is 50.7 Å². The first-order valence-electron chi connectivity index (χ1n) is 7.05. The molecular formula is C16H18N4S. The minimum Gasteiger partial charge on any atom is -0.360 e. The highest BCUT2D eigenvalue weighted by atomic mass is 32.1. The van der Waals surface area contributed by atoms with Gasteiger partial charge in [-0.25, -0.2) is 0 Å². The molecule has 1 aromatic carbocycles. The third kappa shape index (κ3) is 2.61. The highest BCUT2D eigenvalue weighted by Crippen LogP contribution is 2.34. The monoisotopic (exact) mass is 298 g/mol. The molecule has 2 heterocycles. The SMILES string of the molecule is CCNc1nnc(-c2cc(C)nc3cc(C)cc(C)c23)s1. The summed E-state index contributed by atoms with van der Waals surface area (Å²) in [6.45, 7) is 9.15. The maximum Gasteiger partial charge on any atom is 0.205 e. The van der Waals surface area contributed by atoms with E-state index >= 15 is 0 Å². The molecule has 0 saturated heterocycles. The first kappa shape index (κ1) is 13.9. The van der Waals surface area contributed by atoms with Crippen molar-refractivity contribution in [1.29, 1.82) is 0 Å². The maximum atomic E-state index is 4.67. The molecule has 0 aliphatic heterocycles. The van der Waals surface area contributed by atoms with E-state index in [4.69, 9.17) is 0 Å². The predicted molar refractivity (Wildman–Crippen MR) is 89.0 cm³/mol. The molecular weight excluding hydrogens is 280 g/mol. The van der Waals surface area contributed by atoms with Gasteiger partial charge in [0.15, 0.2) is 0 Å². The second-order valence-electron chi connectivity index (χ2n) is 5.23. The van der Waals surface area contributed by atoms with Crippen LogP contribution in [0.2, 0.25) is 0 Å². The normalized spacial score (nSPS) is 11.0. The van der Waals surface area contributed by atoms with E-state index in [0.29, 0.717) is 0 Å². The maximum absolute atomic E-state index is 4.67. The van der Waals surface area contributed by atoms with Gasteiger partial charge in [0, 0.05) is 23.2 Å². The van der Waals surface area contributed by atoms with Crippen molar-refractivity contribution in [2.75, 3.05) is 11.9 Å². The van der Waals surface area contributed by atoms with Crippen LogP contribution < -0.4 is 5.32 Å². The lowest BCUT2D eigenvalue weighted by Gasteiger charge is -2.09. The number of pyridine rings is 1. The molecule has 3 rings (SSSR count). The third-order valence-electron chi connectivity index (χ3n) is 3.36. The van der Waals surface area contributed by atoms with Gasteiger partial charge in [-0.2, -0.15) is 0 Å². The van der Waals surface area contributed by atoms with Gasteiger partial charge in [-0.1, -0.05) is 17.4 Å². The lowest BCUT2D eigenvalue weighted by molar-refractivity contribution is 1.07. The van der Waals surface area contributed by atoms with Gasteiger partial charge in [-0.05, 0) is 51.0 Å². The number of fused-ring (bicyclic) bond motifs is 1. The van der Waals surface area contributed by atoms with Crippen LogP contribution in [0.25, 0.3) is 21.5 Å². The van der Waals surface area contributed by atoms with Crippen LogP contribution in [-0.4, -0.2) is 21.7 Å². The summed E-state index contributed by atoms with van der Waals surface area (Å²) >= 11 is 1.59. The Morgan fingerprint density at radius 3 is 2.67 bits per heavy atom. The van der Waals surface area contributed by atoms with Crippen molar-refractivity contribution in [3.8, 4) is 10.6 Å². The van der Waals surface area contributed by atoms with E-state index in [0.717, 1.165) is 33.5 Å². The molecule has 2 aromatic heterocycles. The Kier molecular flexibility index (Phi) is 3.59. The summed E-state index contributed by atoms with van der Waals surface area (Å²) in [5.74, 6) is 0. The molecule has 0 spiro atoms. The highest BCUT2D eigenvalue weighted by molar-refractivity contribution is 7.18. The number of rotatable bonds is 3. The Labute approximate surface area is 128 Å². The molecule has 0 atom stereocenters. The van der Waals surface area contributed by atoms with Crippen molar-refractivity contribution in [3.05, 3.63) is 35.0 Å². The van der Waals surface area contributed by atoms with Gasteiger partial charge in [0.2, 0.25) is 5.13 Å². The van der Waals surface area contributed by atoms with Gasteiger partial charge >= 0.3 is 0 Å². The van der Waals surface area contributed by atoms with Crippen molar-refractivity contribution in [2.45, 2.75) is 27.7 Å². The Bertz CT molecular complexity index is 802. The van der Waals surface area contributed by atoms with Gasteiger partial charge < -0.3 is 5.32 Å². The third-order valence-corrected chi connectivity index (χ3v) is 4.28. The fourth-order valence-electron chi connectivity index (χ4n) is 2.61. The lowest BCUT2D eigenvalue weighted by atomic mass is 10.0. The summed E-state index contributed by atoms with van der Waals surface area (Å²) in [4.78, 5) is 4.67. The molecule has 0 aliphatic rings. The van der Waals surface area contributed by atoms with Gasteiger partial charge in [0.25, 0.3) is 0 Å². The van der Waals surface area contributed by atoms with E-state index in [9.17, 15) is 0 Å². The number of hydrogen-bond donors (Lipinski definition) is 1. The molecule has 0 unspecified atom stereocenters. The van der Waals surface area contributed by atoms with Gasteiger partial charge in [-0.15, -0.1) is 10.2 Å². The molecule has 21 heavy (non-hydrogen) atoms.